The van der Waals surface area contributed by atoms with Gasteiger partial charge in [0.15, 0.2) is 0 Å². The van der Waals surface area contributed by atoms with Crippen molar-refractivity contribution in [1.29, 1.82) is 0 Å². The SMILES string of the molecule is CC(=O)C1CCC2C3C(OC(=O)c4ccccc4)C[C@@H]4CC(=O)CC[C@]4(C)C3C(O)C[C@]12C. The number of ketones is 2. The van der Waals surface area contributed by atoms with Crippen LogP contribution in [0.5, 0.6) is 0 Å². The molecule has 0 spiro atoms. The van der Waals surface area contributed by atoms with E-state index in [1.54, 1.807) is 19.1 Å². The molecule has 1 N–H and O–H groups in total. The first-order valence-electron chi connectivity index (χ1n) is 12.6. The molecule has 0 bridgehead atoms. The van der Waals surface area contributed by atoms with Crippen molar-refractivity contribution in [2.45, 2.75) is 77.9 Å². The summed E-state index contributed by atoms with van der Waals surface area (Å²) in [5.74, 6) is 0.395. The lowest BCUT2D eigenvalue weighted by molar-refractivity contribution is -0.205. The molecule has 0 radical (unpaired) electrons. The van der Waals surface area contributed by atoms with Gasteiger partial charge >= 0.3 is 5.97 Å². The number of hydrogen-bond donors (Lipinski definition) is 1. The number of rotatable bonds is 3. The van der Waals surface area contributed by atoms with Gasteiger partial charge < -0.3 is 9.84 Å². The van der Waals surface area contributed by atoms with Crippen molar-refractivity contribution >= 4 is 17.5 Å². The van der Waals surface area contributed by atoms with E-state index in [0.717, 1.165) is 19.3 Å². The zero-order chi connectivity index (χ0) is 23.5. The minimum atomic E-state index is -0.560. The molecule has 33 heavy (non-hydrogen) atoms. The molecule has 0 aromatic heterocycles. The van der Waals surface area contributed by atoms with Crippen LogP contribution in [0.3, 0.4) is 0 Å². The maximum absolute atomic E-state index is 13.1. The average Bonchev–Trinajstić information content (AvgIpc) is 3.11. The van der Waals surface area contributed by atoms with E-state index in [1.807, 2.05) is 18.2 Å². The second-order valence-electron chi connectivity index (χ2n) is 11.7. The molecule has 5 heteroatoms. The molecule has 0 aliphatic heterocycles. The number of ether oxygens (including phenoxy) is 1. The van der Waals surface area contributed by atoms with E-state index in [1.165, 1.54) is 0 Å². The Hall–Kier alpha value is -2.01. The van der Waals surface area contributed by atoms with Gasteiger partial charge in [-0.25, -0.2) is 4.79 Å². The Morgan fingerprint density at radius 3 is 2.52 bits per heavy atom. The van der Waals surface area contributed by atoms with Gasteiger partial charge in [0.25, 0.3) is 0 Å². The number of carbonyl (C=O) groups excluding carboxylic acids is 3. The van der Waals surface area contributed by atoms with Crippen LogP contribution >= 0.6 is 0 Å². The van der Waals surface area contributed by atoms with Crippen LogP contribution in [-0.2, 0) is 14.3 Å². The predicted octanol–water partition coefficient (Wildman–Crippen LogP) is 4.61. The number of carbonyl (C=O) groups is 3. The summed E-state index contributed by atoms with van der Waals surface area (Å²) >= 11 is 0. The zero-order valence-electron chi connectivity index (χ0n) is 20.0. The number of fused-ring (bicyclic) bond motifs is 5. The van der Waals surface area contributed by atoms with Crippen molar-refractivity contribution in [2.75, 3.05) is 0 Å². The number of Topliss-reactive ketones (excluding diaryl/α,β-unsaturated/α-hetero) is 2. The summed E-state index contributed by atoms with van der Waals surface area (Å²) in [4.78, 5) is 38.0. The maximum Gasteiger partial charge on any atom is 0.338 e. The number of benzene rings is 1. The molecule has 1 aromatic rings. The van der Waals surface area contributed by atoms with Crippen LogP contribution in [0.25, 0.3) is 0 Å². The highest BCUT2D eigenvalue weighted by Crippen LogP contribution is 2.67. The smallest absolute Gasteiger partial charge is 0.338 e. The standard InChI is InChI=1S/C28H36O5/c1-16(29)20-9-10-21-24-23(33-26(32)17-7-5-4-6-8-17)14-18-13-19(30)11-12-27(18,2)25(24)22(31)15-28(20,21)3/h4-8,18,20-25,31H,9-15H2,1-3H3/t18-,20?,21?,22?,23?,24?,25?,27-,28+/m0/s1. The van der Waals surface area contributed by atoms with Gasteiger partial charge in [0.2, 0.25) is 0 Å². The second-order valence-corrected chi connectivity index (χ2v) is 11.7. The van der Waals surface area contributed by atoms with Crippen molar-refractivity contribution in [1.82, 2.24) is 0 Å². The van der Waals surface area contributed by atoms with E-state index in [4.69, 9.17) is 4.74 Å². The van der Waals surface area contributed by atoms with Crippen LogP contribution in [0.1, 0.15) is 76.1 Å². The van der Waals surface area contributed by atoms with Crippen molar-refractivity contribution in [3.63, 3.8) is 0 Å². The molecular weight excluding hydrogens is 416 g/mol. The average molecular weight is 453 g/mol. The first kappa shape index (κ1) is 22.8. The molecule has 4 aliphatic carbocycles. The van der Waals surface area contributed by atoms with Gasteiger partial charge in [-0.15, -0.1) is 0 Å². The van der Waals surface area contributed by atoms with Crippen LogP contribution in [0.4, 0.5) is 0 Å². The third-order valence-electron chi connectivity index (χ3n) is 10.2. The molecule has 5 nitrogen and oxygen atoms in total. The Morgan fingerprint density at radius 1 is 1.09 bits per heavy atom. The molecule has 178 valence electrons. The van der Waals surface area contributed by atoms with E-state index in [0.29, 0.717) is 31.2 Å². The van der Waals surface area contributed by atoms with Crippen molar-refractivity contribution in [3.8, 4) is 0 Å². The summed E-state index contributed by atoms with van der Waals surface area (Å²) in [6.07, 6.45) is 3.97. The van der Waals surface area contributed by atoms with Gasteiger partial charge in [-0.2, -0.15) is 0 Å². The van der Waals surface area contributed by atoms with Gasteiger partial charge in [0.1, 0.15) is 17.7 Å². The van der Waals surface area contributed by atoms with E-state index in [-0.39, 0.29) is 64.1 Å². The van der Waals surface area contributed by atoms with Gasteiger partial charge in [-0.05, 0) is 79.7 Å². The first-order chi connectivity index (χ1) is 15.6. The summed E-state index contributed by atoms with van der Waals surface area (Å²) in [5, 5.41) is 11.6. The summed E-state index contributed by atoms with van der Waals surface area (Å²) < 4.78 is 6.23. The predicted molar refractivity (Wildman–Crippen MR) is 123 cm³/mol. The van der Waals surface area contributed by atoms with Crippen LogP contribution in [0, 0.1) is 40.4 Å². The number of hydrogen-bond acceptors (Lipinski definition) is 5. The Morgan fingerprint density at radius 2 is 1.82 bits per heavy atom. The molecular formula is C28H36O5. The Kier molecular flexibility index (Phi) is 5.55. The molecule has 4 fully saturated rings. The lowest BCUT2D eigenvalue weighted by Gasteiger charge is -2.63. The minimum absolute atomic E-state index is 0.00483. The molecule has 6 unspecified atom stereocenters. The van der Waals surface area contributed by atoms with Gasteiger partial charge in [-0.1, -0.05) is 32.0 Å². The number of aliphatic hydroxyl groups is 1. The minimum Gasteiger partial charge on any atom is -0.458 e. The van der Waals surface area contributed by atoms with Gasteiger partial charge in [-0.3, -0.25) is 9.59 Å². The summed E-state index contributed by atoms with van der Waals surface area (Å²) in [5.41, 5.74) is 0.0927. The highest BCUT2D eigenvalue weighted by atomic mass is 16.5. The summed E-state index contributed by atoms with van der Waals surface area (Å²) in [6, 6.07) is 9.05. The number of aliphatic hydroxyl groups excluding tert-OH is 1. The molecule has 4 aliphatic rings. The molecule has 0 heterocycles. The van der Waals surface area contributed by atoms with Gasteiger partial charge in [0, 0.05) is 24.7 Å². The quantitative estimate of drug-likeness (QED) is 0.678. The van der Waals surface area contributed by atoms with E-state index in [2.05, 4.69) is 13.8 Å². The summed E-state index contributed by atoms with van der Waals surface area (Å²) in [6.45, 7) is 6.10. The van der Waals surface area contributed by atoms with Crippen LogP contribution in [-0.4, -0.2) is 34.9 Å². The fourth-order valence-electron chi connectivity index (χ4n) is 8.67. The van der Waals surface area contributed by atoms with Crippen molar-refractivity contribution < 1.29 is 24.2 Å². The molecule has 1 aromatic carbocycles. The van der Waals surface area contributed by atoms with E-state index < -0.39 is 6.10 Å². The fourth-order valence-corrected chi connectivity index (χ4v) is 8.67. The van der Waals surface area contributed by atoms with Crippen molar-refractivity contribution in [3.05, 3.63) is 35.9 Å². The largest absolute Gasteiger partial charge is 0.458 e. The first-order valence-corrected chi connectivity index (χ1v) is 12.6. The Labute approximate surface area is 196 Å². The topological polar surface area (TPSA) is 80.7 Å². The van der Waals surface area contributed by atoms with Gasteiger partial charge in [0.05, 0.1) is 11.7 Å². The monoisotopic (exact) mass is 452 g/mol. The third-order valence-corrected chi connectivity index (χ3v) is 10.2. The Bertz CT molecular complexity index is 956. The third kappa shape index (κ3) is 3.50. The summed E-state index contributed by atoms with van der Waals surface area (Å²) in [7, 11) is 0. The van der Waals surface area contributed by atoms with Crippen LogP contribution in [0.2, 0.25) is 0 Å². The Balaban J connectivity index is 1.54. The number of esters is 1. The lowest BCUT2D eigenvalue weighted by Crippen LogP contribution is -2.63. The second kappa shape index (κ2) is 8.04. The molecule has 5 rings (SSSR count). The van der Waals surface area contributed by atoms with Crippen LogP contribution in [0.15, 0.2) is 30.3 Å². The molecule has 4 saturated carbocycles. The molecule has 9 atom stereocenters. The fraction of sp³-hybridized carbons (Fsp3) is 0.679. The lowest BCUT2D eigenvalue weighted by atomic mass is 9.43. The zero-order valence-corrected chi connectivity index (χ0v) is 20.0. The molecule has 0 amide bonds. The maximum atomic E-state index is 13.1. The normalized spacial score (nSPS) is 44.4. The van der Waals surface area contributed by atoms with Crippen LogP contribution < -0.4 is 0 Å². The molecule has 0 saturated heterocycles. The highest BCUT2D eigenvalue weighted by Gasteiger charge is 2.66. The van der Waals surface area contributed by atoms with E-state index >= 15 is 0 Å². The highest BCUT2D eigenvalue weighted by molar-refractivity contribution is 5.89. The van der Waals surface area contributed by atoms with Crippen molar-refractivity contribution in [2.24, 2.45) is 40.4 Å². The van der Waals surface area contributed by atoms with E-state index in [9.17, 15) is 19.5 Å².